The Labute approximate surface area is 106 Å². The van der Waals surface area contributed by atoms with Crippen LogP contribution in [-0.2, 0) is 4.84 Å². The zero-order chi connectivity index (χ0) is 13.1. The van der Waals surface area contributed by atoms with Crippen LogP contribution in [-0.4, -0.2) is 28.8 Å². The summed E-state index contributed by atoms with van der Waals surface area (Å²) in [5, 5.41) is 13.9. The van der Waals surface area contributed by atoms with Crippen molar-refractivity contribution in [1.29, 1.82) is 0 Å². The van der Waals surface area contributed by atoms with Gasteiger partial charge in [0.05, 0.1) is 5.71 Å². The van der Waals surface area contributed by atoms with Crippen molar-refractivity contribution in [2.45, 2.75) is 32.5 Å². The first-order valence-corrected chi connectivity index (χ1v) is 6.09. The van der Waals surface area contributed by atoms with Crippen molar-refractivity contribution >= 4 is 11.5 Å². The second-order valence-corrected chi connectivity index (χ2v) is 4.62. The standard InChI is InChI=1S/C14H17NO3/c1-9-10(2)18-15-14(9)13(17)8-12(16)11-6-4-3-5-7-11/h3-7,9-10,13,17H,8H2,1-2H3/t9-,10-,13-/m1/s1. The summed E-state index contributed by atoms with van der Waals surface area (Å²) in [7, 11) is 0. The molecule has 0 aliphatic carbocycles. The fourth-order valence-electron chi connectivity index (χ4n) is 1.95. The fraction of sp³-hybridized carbons (Fsp3) is 0.429. The van der Waals surface area contributed by atoms with Crippen molar-refractivity contribution < 1.29 is 14.7 Å². The maximum Gasteiger partial charge on any atom is 0.165 e. The lowest BCUT2D eigenvalue weighted by molar-refractivity contribution is 0.0799. The summed E-state index contributed by atoms with van der Waals surface area (Å²) in [5.74, 6) is -0.0406. The van der Waals surface area contributed by atoms with Crippen LogP contribution in [0.15, 0.2) is 35.5 Å². The lowest BCUT2D eigenvalue weighted by Crippen LogP contribution is -2.30. The van der Waals surface area contributed by atoms with Gasteiger partial charge in [-0.15, -0.1) is 0 Å². The molecule has 4 nitrogen and oxygen atoms in total. The van der Waals surface area contributed by atoms with E-state index in [9.17, 15) is 9.90 Å². The van der Waals surface area contributed by atoms with E-state index in [1.807, 2.05) is 19.9 Å². The molecule has 3 atom stereocenters. The molecule has 0 bridgehead atoms. The lowest BCUT2D eigenvalue weighted by atomic mass is 9.93. The first kappa shape index (κ1) is 12.8. The molecule has 0 unspecified atom stereocenters. The molecule has 0 amide bonds. The van der Waals surface area contributed by atoms with Crippen LogP contribution < -0.4 is 0 Å². The highest BCUT2D eigenvalue weighted by Crippen LogP contribution is 2.21. The van der Waals surface area contributed by atoms with E-state index in [1.54, 1.807) is 24.3 Å². The highest BCUT2D eigenvalue weighted by molar-refractivity contribution is 6.01. The highest BCUT2D eigenvalue weighted by atomic mass is 16.6. The third-order valence-corrected chi connectivity index (χ3v) is 3.31. The number of hydrogen-bond acceptors (Lipinski definition) is 4. The van der Waals surface area contributed by atoms with Crippen LogP contribution in [0.4, 0.5) is 0 Å². The number of oxime groups is 1. The molecule has 0 saturated heterocycles. The van der Waals surface area contributed by atoms with Gasteiger partial charge in [-0.2, -0.15) is 0 Å². The van der Waals surface area contributed by atoms with Crippen LogP contribution in [0.1, 0.15) is 30.6 Å². The highest BCUT2D eigenvalue weighted by Gasteiger charge is 2.32. The quantitative estimate of drug-likeness (QED) is 0.828. The zero-order valence-corrected chi connectivity index (χ0v) is 10.5. The van der Waals surface area contributed by atoms with Crippen LogP contribution in [0, 0.1) is 5.92 Å². The lowest BCUT2D eigenvalue weighted by Gasteiger charge is -2.13. The van der Waals surface area contributed by atoms with Gasteiger partial charge >= 0.3 is 0 Å². The van der Waals surface area contributed by atoms with E-state index in [-0.39, 0.29) is 24.2 Å². The van der Waals surface area contributed by atoms with E-state index in [4.69, 9.17) is 4.84 Å². The van der Waals surface area contributed by atoms with Crippen LogP contribution in [0.2, 0.25) is 0 Å². The summed E-state index contributed by atoms with van der Waals surface area (Å²) in [6, 6.07) is 8.95. The van der Waals surface area contributed by atoms with Gasteiger partial charge in [0, 0.05) is 17.9 Å². The maximum atomic E-state index is 11.9. The zero-order valence-electron chi connectivity index (χ0n) is 10.5. The fourth-order valence-corrected chi connectivity index (χ4v) is 1.95. The Morgan fingerprint density at radius 3 is 2.61 bits per heavy atom. The molecule has 18 heavy (non-hydrogen) atoms. The third kappa shape index (κ3) is 2.59. The Balaban J connectivity index is 2.00. The average molecular weight is 247 g/mol. The second-order valence-electron chi connectivity index (χ2n) is 4.62. The van der Waals surface area contributed by atoms with Crippen molar-refractivity contribution in [3.05, 3.63) is 35.9 Å². The Bertz CT molecular complexity index is 455. The van der Waals surface area contributed by atoms with Gasteiger partial charge in [0.2, 0.25) is 0 Å². The summed E-state index contributed by atoms with van der Waals surface area (Å²) >= 11 is 0. The number of nitrogens with zero attached hydrogens (tertiary/aromatic N) is 1. The molecule has 1 aromatic rings. The molecule has 1 heterocycles. The van der Waals surface area contributed by atoms with E-state index >= 15 is 0 Å². The van der Waals surface area contributed by atoms with Gasteiger partial charge in [0.25, 0.3) is 0 Å². The second kappa shape index (κ2) is 5.31. The smallest absolute Gasteiger partial charge is 0.165 e. The molecule has 0 fully saturated rings. The molecule has 1 aromatic carbocycles. The Kier molecular flexibility index (Phi) is 3.77. The Morgan fingerprint density at radius 1 is 1.39 bits per heavy atom. The number of hydrogen-bond donors (Lipinski definition) is 1. The number of Topliss-reactive ketones (excluding diaryl/α,β-unsaturated/α-hetero) is 1. The third-order valence-electron chi connectivity index (χ3n) is 3.31. The molecule has 0 saturated carbocycles. The Morgan fingerprint density at radius 2 is 2.06 bits per heavy atom. The topological polar surface area (TPSA) is 58.9 Å². The largest absolute Gasteiger partial charge is 0.392 e. The van der Waals surface area contributed by atoms with Gasteiger partial charge < -0.3 is 9.94 Å². The van der Waals surface area contributed by atoms with Gasteiger partial charge in [0.1, 0.15) is 12.2 Å². The van der Waals surface area contributed by atoms with E-state index in [0.29, 0.717) is 11.3 Å². The van der Waals surface area contributed by atoms with E-state index in [1.165, 1.54) is 0 Å². The summed E-state index contributed by atoms with van der Waals surface area (Å²) in [4.78, 5) is 17.0. The number of aliphatic hydroxyl groups excluding tert-OH is 1. The molecule has 96 valence electrons. The van der Waals surface area contributed by atoms with Gasteiger partial charge in [0.15, 0.2) is 5.78 Å². The van der Waals surface area contributed by atoms with Gasteiger partial charge in [-0.3, -0.25) is 4.79 Å². The number of aliphatic hydroxyl groups is 1. The molecule has 1 aliphatic rings. The molecule has 1 aliphatic heterocycles. The van der Waals surface area contributed by atoms with Crippen molar-refractivity contribution in [2.24, 2.45) is 11.1 Å². The predicted molar refractivity (Wildman–Crippen MR) is 68.5 cm³/mol. The number of ketones is 1. The first-order chi connectivity index (χ1) is 8.59. The minimum atomic E-state index is -0.863. The summed E-state index contributed by atoms with van der Waals surface area (Å²) in [6.45, 7) is 3.83. The predicted octanol–water partition coefficient (Wildman–Crippen LogP) is 2.03. The molecule has 0 aromatic heterocycles. The number of rotatable bonds is 4. The first-order valence-electron chi connectivity index (χ1n) is 6.09. The van der Waals surface area contributed by atoms with Gasteiger partial charge in [-0.25, -0.2) is 0 Å². The van der Waals surface area contributed by atoms with E-state index in [0.717, 1.165) is 0 Å². The summed E-state index contributed by atoms with van der Waals surface area (Å²) in [5.41, 5.74) is 1.17. The minimum Gasteiger partial charge on any atom is -0.392 e. The van der Waals surface area contributed by atoms with Crippen molar-refractivity contribution in [3.8, 4) is 0 Å². The van der Waals surface area contributed by atoms with Crippen LogP contribution in [0.5, 0.6) is 0 Å². The number of carbonyl (C=O) groups is 1. The summed E-state index contributed by atoms with van der Waals surface area (Å²) in [6.07, 6.45) is -0.859. The van der Waals surface area contributed by atoms with E-state index < -0.39 is 6.10 Å². The Hall–Kier alpha value is -1.68. The van der Waals surface area contributed by atoms with Crippen LogP contribution in [0.3, 0.4) is 0 Å². The minimum absolute atomic E-state index is 0.0403. The number of carbonyl (C=O) groups excluding carboxylic acids is 1. The molecular formula is C14H17NO3. The van der Waals surface area contributed by atoms with E-state index in [2.05, 4.69) is 5.16 Å². The molecular weight excluding hydrogens is 230 g/mol. The van der Waals surface area contributed by atoms with Crippen molar-refractivity contribution in [1.82, 2.24) is 0 Å². The normalized spacial score (nSPS) is 24.3. The molecule has 1 N–H and O–H groups in total. The molecule has 4 heteroatoms. The number of benzene rings is 1. The van der Waals surface area contributed by atoms with Crippen molar-refractivity contribution in [2.75, 3.05) is 0 Å². The molecule has 0 radical (unpaired) electrons. The summed E-state index contributed by atoms with van der Waals surface area (Å²) < 4.78 is 0. The molecule has 0 spiro atoms. The SMILES string of the molecule is C[C@H]1ON=C([C@H](O)CC(=O)c2ccccc2)[C@@H]1C. The monoisotopic (exact) mass is 247 g/mol. The van der Waals surface area contributed by atoms with Crippen LogP contribution in [0.25, 0.3) is 0 Å². The average Bonchev–Trinajstić information content (AvgIpc) is 2.71. The van der Waals surface area contributed by atoms with Crippen molar-refractivity contribution in [3.63, 3.8) is 0 Å². The molecule has 2 rings (SSSR count). The van der Waals surface area contributed by atoms with Gasteiger partial charge in [-0.1, -0.05) is 42.4 Å². The van der Waals surface area contributed by atoms with Crippen LogP contribution >= 0.6 is 0 Å². The maximum absolute atomic E-state index is 11.9. The van der Waals surface area contributed by atoms with Gasteiger partial charge in [-0.05, 0) is 6.92 Å².